The van der Waals surface area contributed by atoms with E-state index in [1.807, 2.05) is 37.3 Å². The third kappa shape index (κ3) is 5.15. The van der Waals surface area contributed by atoms with Gasteiger partial charge in [0.05, 0.1) is 20.6 Å². The van der Waals surface area contributed by atoms with E-state index in [1.165, 1.54) is 0 Å². The van der Waals surface area contributed by atoms with E-state index in [2.05, 4.69) is 5.32 Å². The van der Waals surface area contributed by atoms with Gasteiger partial charge in [-0.05, 0) is 42.3 Å². The number of ether oxygens (including phenoxy) is 2. The minimum absolute atomic E-state index is 0. The van der Waals surface area contributed by atoms with Crippen LogP contribution in [0.15, 0.2) is 42.5 Å². The van der Waals surface area contributed by atoms with Crippen LogP contribution in [0.3, 0.4) is 0 Å². The van der Waals surface area contributed by atoms with Crippen LogP contribution in [0.5, 0.6) is 11.5 Å². The second kappa shape index (κ2) is 9.15. The first-order chi connectivity index (χ1) is 11.0. The highest BCUT2D eigenvalue weighted by molar-refractivity contribution is 5.92. The van der Waals surface area contributed by atoms with E-state index < -0.39 is 0 Å². The standard InChI is InChI=1S/C18H22N2O3.ClH/c1-12(19)14-5-7-15(8-6-14)20-18(21)11-13-4-9-16(22-2)17(10-13)23-3;/h4-10,12H,11,19H2,1-3H3,(H,20,21);1H. The molecule has 0 aliphatic rings. The molecule has 0 aromatic heterocycles. The van der Waals surface area contributed by atoms with E-state index in [4.69, 9.17) is 15.2 Å². The molecule has 0 saturated heterocycles. The quantitative estimate of drug-likeness (QED) is 0.838. The van der Waals surface area contributed by atoms with Gasteiger partial charge in [0.15, 0.2) is 11.5 Å². The summed E-state index contributed by atoms with van der Waals surface area (Å²) in [6.07, 6.45) is 0.259. The molecule has 2 aromatic rings. The Morgan fingerprint density at radius 2 is 1.71 bits per heavy atom. The van der Waals surface area contributed by atoms with E-state index >= 15 is 0 Å². The molecular formula is C18H23ClN2O3. The van der Waals surface area contributed by atoms with Gasteiger partial charge in [0, 0.05) is 11.7 Å². The molecule has 5 nitrogen and oxygen atoms in total. The Balaban J connectivity index is 0.00000288. The third-order valence-electron chi connectivity index (χ3n) is 3.53. The summed E-state index contributed by atoms with van der Waals surface area (Å²) < 4.78 is 10.4. The van der Waals surface area contributed by atoms with Crippen LogP contribution >= 0.6 is 12.4 Å². The molecule has 0 radical (unpaired) electrons. The lowest BCUT2D eigenvalue weighted by molar-refractivity contribution is -0.115. The summed E-state index contributed by atoms with van der Waals surface area (Å²) in [7, 11) is 3.15. The highest BCUT2D eigenvalue weighted by Gasteiger charge is 2.09. The Bertz CT molecular complexity index is 672. The number of carbonyl (C=O) groups excluding carboxylic acids is 1. The lowest BCUT2D eigenvalue weighted by Crippen LogP contribution is -2.14. The molecule has 0 aliphatic heterocycles. The maximum Gasteiger partial charge on any atom is 0.228 e. The number of anilines is 1. The average Bonchev–Trinajstić information content (AvgIpc) is 2.55. The Kier molecular flexibility index (Phi) is 7.55. The molecule has 2 rings (SSSR count). The van der Waals surface area contributed by atoms with E-state index in [0.29, 0.717) is 11.5 Å². The number of halogens is 1. The first-order valence-corrected chi connectivity index (χ1v) is 7.39. The van der Waals surface area contributed by atoms with Gasteiger partial charge >= 0.3 is 0 Å². The fraction of sp³-hybridized carbons (Fsp3) is 0.278. The van der Waals surface area contributed by atoms with Gasteiger partial charge in [-0.15, -0.1) is 12.4 Å². The number of nitrogens with two attached hydrogens (primary N) is 1. The Hall–Kier alpha value is -2.24. The topological polar surface area (TPSA) is 73.6 Å². The summed E-state index contributed by atoms with van der Waals surface area (Å²) in [6.45, 7) is 1.92. The molecule has 130 valence electrons. The SMILES string of the molecule is COc1ccc(CC(=O)Nc2ccc(C(C)N)cc2)cc1OC.Cl. The van der Waals surface area contributed by atoms with E-state index in [0.717, 1.165) is 16.8 Å². The van der Waals surface area contributed by atoms with Crippen LogP contribution in [0.25, 0.3) is 0 Å². The van der Waals surface area contributed by atoms with Gasteiger partial charge in [0.2, 0.25) is 5.91 Å². The van der Waals surface area contributed by atoms with E-state index in [1.54, 1.807) is 26.4 Å². The highest BCUT2D eigenvalue weighted by Crippen LogP contribution is 2.27. The molecule has 1 atom stereocenters. The Morgan fingerprint density at radius 3 is 2.25 bits per heavy atom. The number of rotatable bonds is 6. The largest absolute Gasteiger partial charge is 0.493 e. The van der Waals surface area contributed by atoms with Gasteiger partial charge in [0.1, 0.15) is 0 Å². The van der Waals surface area contributed by atoms with Crippen molar-refractivity contribution in [3.05, 3.63) is 53.6 Å². The molecule has 0 heterocycles. The summed E-state index contributed by atoms with van der Waals surface area (Å²) in [4.78, 5) is 12.1. The normalized spacial score (nSPS) is 11.2. The first-order valence-electron chi connectivity index (χ1n) is 7.39. The number of nitrogens with one attached hydrogen (secondary N) is 1. The molecule has 0 aliphatic carbocycles. The van der Waals surface area contributed by atoms with Crippen molar-refractivity contribution in [2.75, 3.05) is 19.5 Å². The minimum atomic E-state index is -0.0919. The van der Waals surface area contributed by atoms with Crippen LogP contribution in [0, 0.1) is 0 Å². The molecular weight excluding hydrogens is 328 g/mol. The lowest BCUT2D eigenvalue weighted by Gasteiger charge is -2.10. The average molecular weight is 351 g/mol. The van der Waals surface area contributed by atoms with Crippen molar-refractivity contribution in [3.8, 4) is 11.5 Å². The molecule has 2 aromatic carbocycles. The summed E-state index contributed by atoms with van der Waals surface area (Å²) in [6, 6.07) is 13.0. The van der Waals surface area contributed by atoms with Crippen LogP contribution < -0.4 is 20.5 Å². The van der Waals surface area contributed by atoms with Crippen LogP contribution in [0.1, 0.15) is 24.1 Å². The zero-order valence-electron chi connectivity index (χ0n) is 14.0. The molecule has 3 N–H and O–H groups in total. The predicted octanol–water partition coefficient (Wildman–Crippen LogP) is 3.33. The van der Waals surface area contributed by atoms with Crippen LogP contribution in [-0.4, -0.2) is 20.1 Å². The Morgan fingerprint density at radius 1 is 1.08 bits per heavy atom. The molecule has 24 heavy (non-hydrogen) atoms. The first kappa shape index (κ1) is 19.8. The molecule has 6 heteroatoms. The minimum Gasteiger partial charge on any atom is -0.493 e. The van der Waals surface area contributed by atoms with Crippen molar-refractivity contribution in [3.63, 3.8) is 0 Å². The zero-order chi connectivity index (χ0) is 16.8. The molecule has 0 saturated carbocycles. The Labute approximate surface area is 148 Å². The number of methoxy groups -OCH3 is 2. The number of benzene rings is 2. The van der Waals surface area contributed by atoms with Gasteiger partial charge < -0.3 is 20.5 Å². The lowest BCUT2D eigenvalue weighted by atomic mass is 10.1. The van der Waals surface area contributed by atoms with Crippen molar-refractivity contribution in [2.45, 2.75) is 19.4 Å². The molecule has 1 amide bonds. The van der Waals surface area contributed by atoms with Crippen LogP contribution in [0.4, 0.5) is 5.69 Å². The second-order valence-corrected chi connectivity index (χ2v) is 5.32. The van der Waals surface area contributed by atoms with E-state index in [-0.39, 0.29) is 30.8 Å². The van der Waals surface area contributed by atoms with Crippen LogP contribution in [-0.2, 0) is 11.2 Å². The summed E-state index contributed by atoms with van der Waals surface area (Å²) >= 11 is 0. The maximum atomic E-state index is 12.1. The summed E-state index contributed by atoms with van der Waals surface area (Å²) in [5.41, 5.74) is 8.44. The fourth-order valence-electron chi connectivity index (χ4n) is 2.25. The summed E-state index contributed by atoms with van der Waals surface area (Å²) in [5.74, 6) is 1.16. The smallest absolute Gasteiger partial charge is 0.228 e. The number of hydrogen-bond donors (Lipinski definition) is 2. The van der Waals surface area contributed by atoms with E-state index in [9.17, 15) is 4.79 Å². The fourth-order valence-corrected chi connectivity index (χ4v) is 2.25. The van der Waals surface area contributed by atoms with Gasteiger partial charge in [-0.1, -0.05) is 18.2 Å². The molecule has 0 fully saturated rings. The van der Waals surface area contributed by atoms with Gasteiger partial charge in [-0.3, -0.25) is 4.79 Å². The van der Waals surface area contributed by atoms with Gasteiger partial charge in [-0.25, -0.2) is 0 Å². The second-order valence-electron chi connectivity index (χ2n) is 5.32. The molecule has 1 unspecified atom stereocenters. The monoisotopic (exact) mass is 350 g/mol. The van der Waals surface area contributed by atoms with Crippen molar-refractivity contribution < 1.29 is 14.3 Å². The predicted molar refractivity (Wildman–Crippen MR) is 98.2 cm³/mol. The van der Waals surface area contributed by atoms with Gasteiger partial charge in [0.25, 0.3) is 0 Å². The molecule has 0 bridgehead atoms. The number of amides is 1. The highest BCUT2D eigenvalue weighted by atomic mass is 35.5. The van der Waals surface area contributed by atoms with Crippen LogP contribution in [0.2, 0.25) is 0 Å². The number of carbonyl (C=O) groups is 1. The summed E-state index contributed by atoms with van der Waals surface area (Å²) in [5, 5.41) is 2.87. The van der Waals surface area contributed by atoms with Crippen molar-refractivity contribution in [1.29, 1.82) is 0 Å². The zero-order valence-corrected chi connectivity index (χ0v) is 14.9. The molecule has 0 spiro atoms. The van der Waals surface area contributed by atoms with Crippen molar-refractivity contribution in [1.82, 2.24) is 0 Å². The third-order valence-corrected chi connectivity index (χ3v) is 3.53. The van der Waals surface area contributed by atoms with Gasteiger partial charge in [-0.2, -0.15) is 0 Å². The van der Waals surface area contributed by atoms with Crippen molar-refractivity contribution in [2.24, 2.45) is 5.73 Å². The number of hydrogen-bond acceptors (Lipinski definition) is 4. The van der Waals surface area contributed by atoms with Crippen molar-refractivity contribution >= 4 is 24.0 Å². The maximum absolute atomic E-state index is 12.1.